The molecule has 1 atom stereocenters. The van der Waals surface area contributed by atoms with E-state index in [4.69, 9.17) is 19.6 Å². The fraction of sp³-hybridized carbons (Fsp3) is 0.515. The summed E-state index contributed by atoms with van der Waals surface area (Å²) in [7, 11) is 3.63. The average Bonchev–Trinajstić information content (AvgIpc) is 3.47. The number of carbonyl (C=O) groups is 1. The Morgan fingerprint density at radius 2 is 1.92 bits per heavy atom. The van der Waals surface area contributed by atoms with Crippen molar-refractivity contribution in [3.63, 3.8) is 0 Å². The number of piperazine rings is 1. The van der Waals surface area contributed by atoms with Crippen molar-refractivity contribution in [3.8, 4) is 28.7 Å². The molecule has 6 rings (SSSR count). The third kappa shape index (κ3) is 7.25. The quantitative estimate of drug-likeness (QED) is 0.213. The molecule has 0 bridgehead atoms. The van der Waals surface area contributed by atoms with E-state index in [9.17, 15) is 18.0 Å². The third-order valence-corrected chi connectivity index (χ3v) is 9.27. The molecule has 2 N–H and O–H groups in total. The zero-order chi connectivity index (χ0) is 34.9. The molecule has 0 amide bonds. The molecular weight excluding hydrogens is 643 g/mol. The number of nitrogens with zero attached hydrogens (tertiary/aromatic N) is 8. The maximum absolute atomic E-state index is 14.0. The van der Waals surface area contributed by atoms with Gasteiger partial charge in [-0.1, -0.05) is 6.42 Å². The summed E-state index contributed by atoms with van der Waals surface area (Å²) in [5.74, 6) is -0.269. The van der Waals surface area contributed by atoms with E-state index in [0.29, 0.717) is 67.0 Å². The van der Waals surface area contributed by atoms with Gasteiger partial charge in [-0.25, -0.2) is 24.9 Å². The fourth-order valence-electron chi connectivity index (χ4n) is 6.81. The van der Waals surface area contributed by atoms with Crippen molar-refractivity contribution in [2.75, 3.05) is 69.9 Å². The lowest BCUT2D eigenvalue weighted by Crippen LogP contribution is -2.53. The highest BCUT2D eigenvalue weighted by atomic mass is 19.4. The van der Waals surface area contributed by atoms with Crippen LogP contribution in [-0.4, -0.2) is 112 Å². The average molecular weight is 684 g/mol. The molecule has 1 aliphatic heterocycles. The van der Waals surface area contributed by atoms with E-state index in [1.165, 1.54) is 6.20 Å². The number of carboxylic acids is 1. The van der Waals surface area contributed by atoms with Crippen molar-refractivity contribution >= 4 is 28.6 Å². The number of carboxylic acid groups (broad SMARTS) is 1. The summed E-state index contributed by atoms with van der Waals surface area (Å²) in [6.45, 7) is 6.70. The normalized spacial score (nSPS) is 18.0. The largest absolute Gasteiger partial charge is 0.480 e. The van der Waals surface area contributed by atoms with Gasteiger partial charge in [-0.05, 0) is 38.8 Å². The lowest BCUT2D eigenvalue weighted by Gasteiger charge is -2.44. The first-order chi connectivity index (χ1) is 23.4. The predicted molar refractivity (Wildman–Crippen MR) is 177 cm³/mol. The molecule has 0 unspecified atom stereocenters. The minimum Gasteiger partial charge on any atom is -0.480 e. The van der Waals surface area contributed by atoms with E-state index in [2.05, 4.69) is 34.7 Å². The molecule has 13 nitrogen and oxygen atoms in total. The number of fused-ring (bicyclic) bond motifs is 1. The summed E-state index contributed by atoms with van der Waals surface area (Å²) in [5.41, 5.74) is 1.52. The molecule has 16 heteroatoms. The lowest BCUT2D eigenvalue weighted by molar-refractivity contribution is -0.139. The zero-order valence-electron chi connectivity index (χ0n) is 27.9. The minimum atomic E-state index is -4.68. The van der Waals surface area contributed by atoms with Gasteiger partial charge in [0.2, 0.25) is 5.88 Å². The molecule has 49 heavy (non-hydrogen) atoms. The highest BCUT2D eigenvalue weighted by molar-refractivity contribution is 5.91. The van der Waals surface area contributed by atoms with E-state index >= 15 is 0 Å². The maximum atomic E-state index is 14.0. The molecule has 0 spiro atoms. The number of H-pyrrole nitrogens is 1. The highest BCUT2D eigenvalue weighted by Crippen LogP contribution is 2.43. The second-order valence-corrected chi connectivity index (χ2v) is 12.9. The number of pyridine rings is 2. The monoisotopic (exact) mass is 683 g/mol. The molecule has 1 saturated heterocycles. The summed E-state index contributed by atoms with van der Waals surface area (Å²) in [4.78, 5) is 43.3. The maximum Gasteiger partial charge on any atom is 0.421 e. The number of aliphatic carboxylic acids is 1. The van der Waals surface area contributed by atoms with Crippen LogP contribution >= 0.6 is 0 Å². The van der Waals surface area contributed by atoms with Gasteiger partial charge in [0, 0.05) is 63.6 Å². The van der Waals surface area contributed by atoms with Crippen LogP contribution in [0.2, 0.25) is 0 Å². The number of methoxy groups -OCH3 is 1. The molecular formula is C33H40F3N9O4. The summed E-state index contributed by atoms with van der Waals surface area (Å²) < 4.78 is 52.8. The van der Waals surface area contributed by atoms with Crippen molar-refractivity contribution < 1.29 is 32.5 Å². The number of halogens is 3. The lowest BCUT2D eigenvalue weighted by atomic mass is 9.69. The highest BCUT2D eigenvalue weighted by Gasteiger charge is 2.39. The number of nitrogens with one attached hydrogen (secondary N) is 1. The van der Waals surface area contributed by atoms with Crippen LogP contribution in [0, 0.1) is 5.41 Å². The van der Waals surface area contributed by atoms with E-state index in [0.717, 1.165) is 25.3 Å². The number of hydrogen-bond acceptors (Lipinski definition) is 11. The first-order valence-corrected chi connectivity index (χ1v) is 16.2. The molecule has 4 aromatic rings. The summed E-state index contributed by atoms with van der Waals surface area (Å²) >= 11 is 0. The molecule has 2 aliphatic rings. The van der Waals surface area contributed by atoms with E-state index in [1.807, 2.05) is 18.9 Å². The number of hydrogen-bond donors (Lipinski definition) is 2. The van der Waals surface area contributed by atoms with Crippen LogP contribution in [0.1, 0.15) is 38.7 Å². The molecule has 4 aromatic heterocycles. The number of imidazole rings is 1. The Bertz CT molecular complexity index is 1800. The molecule has 0 radical (unpaired) electrons. The Kier molecular flexibility index (Phi) is 9.62. The van der Waals surface area contributed by atoms with Crippen LogP contribution in [0.4, 0.5) is 24.7 Å². The van der Waals surface area contributed by atoms with Crippen molar-refractivity contribution in [2.24, 2.45) is 5.41 Å². The topological polar surface area (TPSA) is 146 Å². The van der Waals surface area contributed by atoms with Gasteiger partial charge in [0.25, 0.3) is 0 Å². The Morgan fingerprint density at radius 1 is 1.12 bits per heavy atom. The van der Waals surface area contributed by atoms with Crippen molar-refractivity contribution in [1.82, 2.24) is 34.8 Å². The van der Waals surface area contributed by atoms with Crippen molar-refractivity contribution in [2.45, 2.75) is 45.3 Å². The van der Waals surface area contributed by atoms with E-state index in [1.54, 1.807) is 32.5 Å². The SMILES string of the molecule is CCOc1ncc(-c2cc(N(C)CC3(COC)CCC3)c3[nH]c(-c4cnc(N5CCN(CC(=O)O)C[C@H]5C)cn4)nc3n2)cc1C(F)(F)F. The van der Waals surface area contributed by atoms with Crippen molar-refractivity contribution in [3.05, 3.63) is 36.3 Å². The van der Waals surface area contributed by atoms with Gasteiger partial charge in [-0.15, -0.1) is 0 Å². The summed E-state index contributed by atoms with van der Waals surface area (Å²) in [6, 6.07) is 2.79. The second-order valence-electron chi connectivity index (χ2n) is 12.9. The molecule has 262 valence electrons. The van der Waals surface area contributed by atoms with E-state index < -0.39 is 23.6 Å². The molecule has 0 aromatic carbocycles. The van der Waals surface area contributed by atoms with E-state index in [-0.39, 0.29) is 35.9 Å². The standard InChI is InChI=1S/C33H40F3N9O4/c1-5-49-31-22(33(34,35)36)11-21(13-39-31)23-12-25(43(3)18-32(19-48-4)7-6-8-32)28-30(40-23)42-29(41-28)24-14-38-26(15-37-24)45-10-9-44(16-20(45)2)17-27(46)47/h11-15,20H,5-10,16-19H2,1-4H3,(H,46,47)(H,40,41,42)/t20-/m1/s1. The van der Waals surface area contributed by atoms with Gasteiger partial charge in [0.05, 0.1) is 43.5 Å². The van der Waals surface area contributed by atoms with Gasteiger partial charge in [-0.2, -0.15) is 13.2 Å². The number of aromatic amines is 1. The van der Waals surface area contributed by atoms with Crippen LogP contribution in [0.15, 0.2) is 30.7 Å². The number of rotatable bonds is 12. The Labute approximate surface area is 281 Å². The predicted octanol–water partition coefficient (Wildman–Crippen LogP) is 4.74. The van der Waals surface area contributed by atoms with Crippen LogP contribution in [0.25, 0.3) is 33.9 Å². The van der Waals surface area contributed by atoms with Crippen LogP contribution in [-0.2, 0) is 15.7 Å². The first kappa shape index (κ1) is 34.3. The third-order valence-electron chi connectivity index (χ3n) is 9.27. The molecule has 5 heterocycles. The number of aromatic nitrogens is 6. The van der Waals surface area contributed by atoms with Gasteiger partial charge in [0.1, 0.15) is 22.6 Å². The van der Waals surface area contributed by atoms with Gasteiger partial charge >= 0.3 is 12.1 Å². The first-order valence-electron chi connectivity index (χ1n) is 16.2. The van der Waals surface area contributed by atoms with Gasteiger partial charge in [-0.3, -0.25) is 9.69 Å². The summed E-state index contributed by atoms with van der Waals surface area (Å²) in [5, 5.41) is 9.15. The van der Waals surface area contributed by atoms with Gasteiger partial charge < -0.3 is 29.4 Å². The smallest absolute Gasteiger partial charge is 0.421 e. The zero-order valence-corrected chi connectivity index (χ0v) is 27.9. The van der Waals surface area contributed by atoms with Crippen LogP contribution in [0.3, 0.4) is 0 Å². The number of alkyl halides is 3. The van der Waals surface area contributed by atoms with Gasteiger partial charge in [0.15, 0.2) is 11.5 Å². The minimum absolute atomic E-state index is 0.00622. The summed E-state index contributed by atoms with van der Waals surface area (Å²) in [6.07, 6.45) is 3.04. The second kappa shape index (κ2) is 13.7. The Morgan fingerprint density at radius 3 is 2.53 bits per heavy atom. The van der Waals surface area contributed by atoms with Crippen LogP contribution < -0.4 is 14.5 Å². The molecule has 1 saturated carbocycles. The Hall–Kier alpha value is -4.57. The van der Waals surface area contributed by atoms with Crippen LogP contribution in [0.5, 0.6) is 5.88 Å². The molecule has 1 aliphatic carbocycles. The number of ether oxygens (including phenoxy) is 2. The number of anilines is 2. The van der Waals surface area contributed by atoms with Crippen molar-refractivity contribution in [1.29, 1.82) is 0 Å². The molecule has 2 fully saturated rings. The fourth-order valence-corrected chi connectivity index (χ4v) is 6.81. The Balaban J connectivity index is 1.36.